The standard InChI is InChI=1S/C11H9BrF3N3/c12-10-7(2-1-3-9(10)16)5-18-6-8(4-17-18)11(13,14)15/h1-4,6H,5,16H2. The summed E-state index contributed by atoms with van der Waals surface area (Å²) in [6.07, 6.45) is -2.60. The van der Waals surface area contributed by atoms with E-state index in [1.54, 1.807) is 18.2 Å². The lowest BCUT2D eigenvalue weighted by Crippen LogP contribution is -2.04. The molecule has 0 atom stereocenters. The molecule has 18 heavy (non-hydrogen) atoms. The molecule has 96 valence electrons. The van der Waals surface area contributed by atoms with E-state index in [4.69, 9.17) is 5.73 Å². The number of aromatic nitrogens is 2. The van der Waals surface area contributed by atoms with Gasteiger partial charge in [-0.2, -0.15) is 18.3 Å². The Kier molecular flexibility index (Phi) is 3.34. The highest BCUT2D eigenvalue weighted by molar-refractivity contribution is 9.10. The molecule has 0 fully saturated rings. The Morgan fingerprint density at radius 1 is 1.33 bits per heavy atom. The van der Waals surface area contributed by atoms with Gasteiger partial charge < -0.3 is 5.73 Å². The first-order valence-electron chi connectivity index (χ1n) is 5.00. The first-order valence-corrected chi connectivity index (χ1v) is 5.80. The third-order valence-electron chi connectivity index (χ3n) is 2.40. The number of benzene rings is 1. The Labute approximate surface area is 110 Å². The first-order chi connectivity index (χ1) is 8.38. The van der Waals surface area contributed by atoms with Crippen LogP contribution in [-0.2, 0) is 12.7 Å². The van der Waals surface area contributed by atoms with Crippen LogP contribution in [0, 0.1) is 0 Å². The third kappa shape index (κ3) is 2.66. The monoisotopic (exact) mass is 319 g/mol. The summed E-state index contributed by atoms with van der Waals surface area (Å²) in [5, 5.41) is 3.68. The van der Waals surface area contributed by atoms with E-state index in [-0.39, 0.29) is 6.54 Å². The molecule has 0 aliphatic rings. The minimum absolute atomic E-state index is 0.224. The molecule has 0 bridgehead atoms. The summed E-state index contributed by atoms with van der Waals surface area (Å²) in [5.41, 5.74) is 6.24. The second-order valence-electron chi connectivity index (χ2n) is 3.74. The minimum Gasteiger partial charge on any atom is -0.398 e. The largest absolute Gasteiger partial charge is 0.419 e. The topological polar surface area (TPSA) is 43.8 Å². The van der Waals surface area contributed by atoms with E-state index in [0.717, 1.165) is 18.0 Å². The highest BCUT2D eigenvalue weighted by Crippen LogP contribution is 2.29. The molecule has 1 heterocycles. The predicted molar refractivity (Wildman–Crippen MR) is 64.9 cm³/mol. The summed E-state index contributed by atoms with van der Waals surface area (Å²) in [6.45, 7) is 0.224. The molecule has 0 saturated heterocycles. The minimum atomic E-state index is -4.37. The zero-order chi connectivity index (χ0) is 13.3. The van der Waals surface area contributed by atoms with Crippen LogP contribution in [0.5, 0.6) is 0 Å². The van der Waals surface area contributed by atoms with E-state index in [2.05, 4.69) is 21.0 Å². The summed E-state index contributed by atoms with van der Waals surface area (Å²) >= 11 is 3.30. The van der Waals surface area contributed by atoms with Gasteiger partial charge in [0.25, 0.3) is 0 Å². The summed E-state index contributed by atoms with van der Waals surface area (Å²) in [7, 11) is 0. The van der Waals surface area contributed by atoms with Crippen LogP contribution in [0.15, 0.2) is 35.1 Å². The van der Waals surface area contributed by atoms with Gasteiger partial charge in [-0.1, -0.05) is 12.1 Å². The van der Waals surface area contributed by atoms with Crippen molar-refractivity contribution in [3.8, 4) is 0 Å². The van der Waals surface area contributed by atoms with Gasteiger partial charge in [-0.05, 0) is 27.6 Å². The lowest BCUT2D eigenvalue weighted by molar-refractivity contribution is -0.137. The van der Waals surface area contributed by atoms with Crippen LogP contribution in [0.25, 0.3) is 0 Å². The van der Waals surface area contributed by atoms with Gasteiger partial charge in [0.15, 0.2) is 0 Å². The number of hydrogen-bond acceptors (Lipinski definition) is 2. The molecule has 0 spiro atoms. The zero-order valence-corrected chi connectivity index (χ0v) is 10.7. The van der Waals surface area contributed by atoms with Crippen molar-refractivity contribution in [3.63, 3.8) is 0 Å². The average molecular weight is 320 g/mol. The molecule has 0 aliphatic carbocycles. The van der Waals surface area contributed by atoms with Gasteiger partial charge in [0, 0.05) is 16.4 Å². The molecule has 1 aromatic carbocycles. The van der Waals surface area contributed by atoms with Crippen molar-refractivity contribution in [1.82, 2.24) is 9.78 Å². The third-order valence-corrected chi connectivity index (χ3v) is 3.37. The Morgan fingerprint density at radius 2 is 2.06 bits per heavy atom. The molecule has 0 amide bonds. The highest BCUT2D eigenvalue weighted by atomic mass is 79.9. The van der Waals surface area contributed by atoms with Gasteiger partial charge in [-0.3, -0.25) is 4.68 Å². The molecule has 7 heteroatoms. The summed E-state index contributed by atoms with van der Waals surface area (Å²) < 4.78 is 39.1. The number of halogens is 4. The molecular weight excluding hydrogens is 311 g/mol. The smallest absolute Gasteiger partial charge is 0.398 e. The number of nitrogens with zero attached hydrogens (tertiary/aromatic N) is 2. The molecule has 2 aromatic rings. The molecule has 1 aromatic heterocycles. The number of rotatable bonds is 2. The second-order valence-corrected chi connectivity index (χ2v) is 4.54. The molecule has 2 N–H and O–H groups in total. The van der Waals surface area contributed by atoms with Crippen LogP contribution in [0.1, 0.15) is 11.1 Å². The molecule has 2 rings (SSSR count). The van der Waals surface area contributed by atoms with Crippen LogP contribution in [0.3, 0.4) is 0 Å². The lowest BCUT2D eigenvalue weighted by Gasteiger charge is -2.07. The Balaban J connectivity index is 2.24. The molecular formula is C11H9BrF3N3. The Bertz CT molecular complexity index is 563. The first kappa shape index (κ1) is 12.9. The summed E-state index contributed by atoms with van der Waals surface area (Å²) in [5.74, 6) is 0. The van der Waals surface area contributed by atoms with E-state index >= 15 is 0 Å². The highest BCUT2D eigenvalue weighted by Gasteiger charge is 2.32. The quantitative estimate of drug-likeness (QED) is 0.863. The van der Waals surface area contributed by atoms with Crippen molar-refractivity contribution in [2.75, 3.05) is 5.73 Å². The fourth-order valence-electron chi connectivity index (χ4n) is 1.49. The number of nitrogen functional groups attached to an aromatic ring is 1. The van der Waals surface area contributed by atoms with Gasteiger partial charge in [-0.15, -0.1) is 0 Å². The van der Waals surface area contributed by atoms with E-state index in [1.165, 1.54) is 4.68 Å². The number of nitrogens with two attached hydrogens (primary N) is 1. The molecule has 0 radical (unpaired) electrons. The van der Waals surface area contributed by atoms with Crippen molar-refractivity contribution in [3.05, 3.63) is 46.2 Å². The average Bonchev–Trinajstić information content (AvgIpc) is 2.73. The van der Waals surface area contributed by atoms with Crippen molar-refractivity contribution >= 4 is 21.6 Å². The summed E-state index contributed by atoms with van der Waals surface area (Å²) in [6, 6.07) is 5.22. The van der Waals surface area contributed by atoms with Crippen molar-refractivity contribution in [1.29, 1.82) is 0 Å². The van der Waals surface area contributed by atoms with E-state index in [1.807, 2.05) is 0 Å². The number of anilines is 1. The fraction of sp³-hybridized carbons (Fsp3) is 0.182. The fourth-order valence-corrected chi connectivity index (χ4v) is 1.88. The maximum atomic E-state index is 12.4. The van der Waals surface area contributed by atoms with Crippen LogP contribution < -0.4 is 5.73 Å². The second kappa shape index (κ2) is 4.64. The molecule has 3 nitrogen and oxygen atoms in total. The van der Waals surface area contributed by atoms with Gasteiger partial charge in [0.1, 0.15) is 0 Å². The normalized spacial score (nSPS) is 11.8. The number of alkyl halides is 3. The predicted octanol–water partition coefficient (Wildman–Crippen LogP) is 3.29. The van der Waals surface area contributed by atoms with Crippen molar-refractivity contribution in [2.45, 2.75) is 12.7 Å². The van der Waals surface area contributed by atoms with Gasteiger partial charge in [0.2, 0.25) is 0 Å². The zero-order valence-electron chi connectivity index (χ0n) is 9.08. The maximum Gasteiger partial charge on any atom is 0.419 e. The Hall–Kier alpha value is -1.50. The van der Waals surface area contributed by atoms with Gasteiger partial charge in [-0.25, -0.2) is 0 Å². The molecule has 0 unspecified atom stereocenters. The van der Waals surface area contributed by atoms with Crippen LogP contribution >= 0.6 is 15.9 Å². The van der Waals surface area contributed by atoms with E-state index < -0.39 is 11.7 Å². The van der Waals surface area contributed by atoms with Crippen molar-refractivity contribution < 1.29 is 13.2 Å². The van der Waals surface area contributed by atoms with Gasteiger partial charge in [0.05, 0.1) is 18.3 Å². The van der Waals surface area contributed by atoms with Crippen LogP contribution in [0.2, 0.25) is 0 Å². The molecule has 0 saturated carbocycles. The van der Waals surface area contributed by atoms with Crippen LogP contribution in [-0.4, -0.2) is 9.78 Å². The number of hydrogen-bond donors (Lipinski definition) is 1. The Morgan fingerprint density at radius 3 is 2.67 bits per heavy atom. The van der Waals surface area contributed by atoms with Gasteiger partial charge >= 0.3 is 6.18 Å². The molecule has 0 aliphatic heterocycles. The SMILES string of the molecule is Nc1cccc(Cn2cc(C(F)(F)F)cn2)c1Br. The van der Waals surface area contributed by atoms with E-state index in [0.29, 0.717) is 10.2 Å². The lowest BCUT2D eigenvalue weighted by atomic mass is 10.2. The summed E-state index contributed by atoms with van der Waals surface area (Å²) in [4.78, 5) is 0. The van der Waals surface area contributed by atoms with Crippen LogP contribution in [0.4, 0.5) is 18.9 Å². The van der Waals surface area contributed by atoms with E-state index in [9.17, 15) is 13.2 Å². The maximum absolute atomic E-state index is 12.4. The van der Waals surface area contributed by atoms with Crippen molar-refractivity contribution in [2.24, 2.45) is 0 Å².